The summed E-state index contributed by atoms with van der Waals surface area (Å²) in [5.74, 6) is -0.0237. The highest BCUT2D eigenvalue weighted by molar-refractivity contribution is 6.32. The second kappa shape index (κ2) is 17.3. The summed E-state index contributed by atoms with van der Waals surface area (Å²) < 4.78 is 6.20. The Labute approximate surface area is 305 Å². The summed E-state index contributed by atoms with van der Waals surface area (Å²) in [5.41, 5.74) is 4.57. The molecule has 1 fully saturated rings. The van der Waals surface area contributed by atoms with Crippen LogP contribution in [0.25, 0.3) is 0 Å². The Morgan fingerprint density at radius 1 is 0.941 bits per heavy atom. The molecule has 1 aliphatic rings. The highest BCUT2D eigenvalue weighted by atomic mass is 35.5. The monoisotopic (exact) mass is 711 g/mol. The van der Waals surface area contributed by atoms with E-state index < -0.39 is 5.91 Å². The van der Waals surface area contributed by atoms with Gasteiger partial charge in [0.25, 0.3) is 11.8 Å². The van der Waals surface area contributed by atoms with Gasteiger partial charge in [-0.15, -0.1) is 0 Å². The molecule has 0 radical (unpaired) electrons. The molecule has 268 valence electrons. The number of likely N-dealkylation sites (N-methyl/N-ethyl adjacent to an activating group) is 2. The number of aromatic nitrogens is 2. The molecule has 0 unspecified atom stereocenters. The van der Waals surface area contributed by atoms with Crippen LogP contribution in [0.1, 0.15) is 64.1 Å². The number of hydrogen-bond donors (Lipinski definition) is 2. The van der Waals surface area contributed by atoms with E-state index in [-0.39, 0.29) is 46.4 Å². The number of para-hydroxylation sites is 1. The van der Waals surface area contributed by atoms with Crippen molar-refractivity contribution in [2.24, 2.45) is 0 Å². The van der Waals surface area contributed by atoms with Gasteiger partial charge < -0.3 is 30.1 Å². The Morgan fingerprint density at radius 3 is 2.27 bits per heavy atom. The molecular formula is C39H46ClN7O4. The number of carbonyl (C=O) groups is 3. The smallest absolute Gasteiger partial charge is 0.262 e. The van der Waals surface area contributed by atoms with Crippen LogP contribution in [0.15, 0.2) is 66.9 Å². The maximum atomic E-state index is 13.7. The molecule has 2 N–H and O–H groups in total. The van der Waals surface area contributed by atoms with Gasteiger partial charge in [-0.25, -0.2) is 4.98 Å². The van der Waals surface area contributed by atoms with Crippen LogP contribution >= 0.6 is 11.6 Å². The number of hydrogen-bond acceptors (Lipinski definition) is 8. The van der Waals surface area contributed by atoms with Crippen LogP contribution < -0.4 is 15.4 Å². The summed E-state index contributed by atoms with van der Waals surface area (Å²) in [6.07, 6.45) is 3.68. The van der Waals surface area contributed by atoms with Crippen LogP contribution in [0.2, 0.25) is 5.02 Å². The normalized spacial score (nSPS) is 12.6. The first kappa shape index (κ1) is 37.3. The highest BCUT2D eigenvalue weighted by Gasteiger charge is 2.22. The summed E-state index contributed by atoms with van der Waals surface area (Å²) in [4.78, 5) is 54.3. The Bertz CT molecular complexity index is 1840. The maximum Gasteiger partial charge on any atom is 0.262 e. The number of carbonyl (C=O) groups excluding carboxylic acids is 3. The molecule has 5 rings (SSSR count). The topological polar surface area (TPSA) is 120 Å². The second-order valence-electron chi connectivity index (χ2n) is 12.7. The SMILES string of the molecule is CCN(CC)CCN(C)C(=O)c1ccc(Nc2ncc(C(=O)Nc3c(C)cccc3C)c(Oc3ccc(CC(=O)N4CCCC4)cc3Cl)n2)cc1. The average molecular weight is 712 g/mol. The van der Waals surface area contributed by atoms with Crippen LogP contribution in [-0.2, 0) is 11.2 Å². The zero-order chi connectivity index (χ0) is 36.5. The molecule has 0 atom stereocenters. The molecule has 2 heterocycles. The fourth-order valence-electron chi connectivity index (χ4n) is 5.93. The highest BCUT2D eigenvalue weighted by Crippen LogP contribution is 2.33. The molecular weight excluding hydrogens is 666 g/mol. The van der Waals surface area contributed by atoms with Crippen molar-refractivity contribution in [1.29, 1.82) is 0 Å². The van der Waals surface area contributed by atoms with Crippen molar-refractivity contribution >= 4 is 46.6 Å². The lowest BCUT2D eigenvalue weighted by Crippen LogP contribution is -2.36. The third-order valence-electron chi connectivity index (χ3n) is 9.12. The standard InChI is InChI=1S/C39H46ClN7O4/c1-6-46(7-2)22-21-45(5)38(50)29-14-16-30(17-15-29)42-39-41-25-31(36(49)43-35-26(3)11-10-12-27(35)4)37(44-39)51-33-18-13-28(23-32(33)40)24-34(48)47-19-8-9-20-47/h10-18,23,25H,6-9,19-22,24H2,1-5H3,(H,43,49)(H,41,42,44). The molecule has 51 heavy (non-hydrogen) atoms. The predicted octanol–water partition coefficient (Wildman–Crippen LogP) is 7.11. The van der Waals surface area contributed by atoms with Crippen LogP contribution in [-0.4, -0.2) is 88.7 Å². The number of anilines is 3. The number of likely N-dealkylation sites (tertiary alicyclic amines) is 1. The summed E-state index contributed by atoms with van der Waals surface area (Å²) in [6, 6.07) is 18.0. The first-order valence-corrected chi connectivity index (χ1v) is 17.8. The first-order valence-electron chi connectivity index (χ1n) is 17.4. The largest absolute Gasteiger partial charge is 0.436 e. The van der Waals surface area contributed by atoms with Crippen molar-refractivity contribution in [3.63, 3.8) is 0 Å². The van der Waals surface area contributed by atoms with Crippen molar-refractivity contribution in [2.45, 2.75) is 47.0 Å². The molecule has 0 spiro atoms. The predicted molar refractivity (Wildman–Crippen MR) is 201 cm³/mol. The number of halogens is 1. The number of aryl methyl sites for hydroxylation is 2. The van der Waals surface area contributed by atoms with Crippen molar-refractivity contribution in [2.75, 3.05) is 56.9 Å². The van der Waals surface area contributed by atoms with E-state index in [1.165, 1.54) is 6.20 Å². The minimum absolute atomic E-state index is 0.0133. The minimum atomic E-state index is -0.453. The quantitative estimate of drug-likeness (QED) is 0.142. The Balaban J connectivity index is 1.36. The van der Waals surface area contributed by atoms with Crippen LogP contribution in [0.5, 0.6) is 11.6 Å². The molecule has 1 saturated heterocycles. The zero-order valence-electron chi connectivity index (χ0n) is 30.0. The molecule has 1 aliphatic heterocycles. The third-order valence-corrected chi connectivity index (χ3v) is 9.41. The Kier molecular flexibility index (Phi) is 12.6. The van der Waals surface area contributed by atoms with E-state index >= 15 is 0 Å². The van der Waals surface area contributed by atoms with E-state index in [4.69, 9.17) is 16.3 Å². The maximum absolute atomic E-state index is 13.7. The van der Waals surface area contributed by atoms with Gasteiger partial charge in [-0.1, -0.05) is 49.7 Å². The van der Waals surface area contributed by atoms with Gasteiger partial charge in [-0.2, -0.15) is 4.98 Å². The van der Waals surface area contributed by atoms with E-state index in [9.17, 15) is 14.4 Å². The van der Waals surface area contributed by atoms with Gasteiger partial charge >= 0.3 is 0 Å². The molecule has 0 saturated carbocycles. The number of benzene rings is 3. The summed E-state index contributed by atoms with van der Waals surface area (Å²) in [6.45, 7) is 12.9. The van der Waals surface area contributed by atoms with Crippen molar-refractivity contribution in [3.05, 3.63) is 99.7 Å². The zero-order valence-corrected chi connectivity index (χ0v) is 30.7. The lowest BCUT2D eigenvalue weighted by Gasteiger charge is -2.23. The summed E-state index contributed by atoms with van der Waals surface area (Å²) in [7, 11) is 1.80. The Morgan fingerprint density at radius 2 is 1.63 bits per heavy atom. The van der Waals surface area contributed by atoms with Gasteiger partial charge in [0.15, 0.2) is 0 Å². The molecule has 12 heteroatoms. The van der Waals surface area contributed by atoms with E-state index in [1.54, 1.807) is 54.4 Å². The molecule has 4 aromatic rings. The van der Waals surface area contributed by atoms with Gasteiger partial charge in [0.1, 0.15) is 11.3 Å². The number of nitrogens with one attached hydrogen (secondary N) is 2. The van der Waals surface area contributed by atoms with Gasteiger partial charge in [0.2, 0.25) is 17.7 Å². The molecule has 0 aliphatic carbocycles. The molecule has 3 amide bonds. The number of rotatable bonds is 14. The summed E-state index contributed by atoms with van der Waals surface area (Å²) in [5, 5.41) is 6.40. The molecule has 1 aromatic heterocycles. The van der Waals surface area contributed by atoms with Crippen LogP contribution in [0, 0.1) is 13.8 Å². The van der Waals surface area contributed by atoms with E-state index in [0.29, 0.717) is 23.5 Å². The molecule has 0 bridgehead atoms. The molecule has 3 aromatic carbocycles. The van der Waals surface area contributed by atoms with Gasteiger partial charge in [0, 0.05) is 56.4 Å². The lowest BCUT2D eigenvalue weighted by atomic mass is 10.1. The van der Waals surface area contributed by atoms with Gasteiger partial charge in [0.05, 0.1) is 11.4 Å². The third kappa shape index (κ3) is 9.62. The van der Waals surface area contributed by atoms with Crippen LogP contribution in [0.4, 0.5) is 17.3 Å². The fraction of sp³-hybridized carbons (Fsp3) is 0.359. The van der Waals surface area contributed by atoms with Crippen molar-refractivity contribution in [1.82, 2.24) is 24.7 Å². The second-order valence-corrected chi connectivity index (χ2v) is 13.1. The van der Waals surface area contributed by atoms with Crippen LogP contribution in [0.3, 0.4) is 0 Å². The number of nitrogens with zero attached hydrogens (tertiary/aromatic N) is 5. The van der Waals surface area contributed by atoms with E-state index in [2.05, 4.69) is 39.3 Å². The van der Waals surface area contributed by atoms with Crippen molar-refractivity contribution in [3.8, 4) is 11.6 Å². The average Bonchev–Trinajstić information content (AvgIpc) is 3.67. The Hall–Kier alpha value is -5.00. The fourth-order valence-corrected chi connectivity index (χ4v) is 6.17. The molecule has 11 nitrogen and oxygen atoms in total. The minimum Gasteiger partial charge on any atom is -0.436 e. The van der Waals surface area contributed by atoms with Crippen molar-refractivity contribution < 1.29 is 19.1 Å². The van der Waals surface area contributed by atoms with E-state index in [0.717, 1.165) is 62.3 Å². The number of amides is 3. The number of ether oxygens (including phenoxy) is 1. The summed E-state index contributed by atoms with van der Waals surface area (Å²) >= 11 is 6.66. The van der Waals surface area contributed by atoms with Gasteiger partial charge in [-0.3, -0.25) is 14.4 Å². The lowest BCUT2D eigenvalue weighted by molar-refractivity contribution is -0.129. The van der Waals surface area contributed by atoms with Gasteiger partial charge in [-0.05, 0) is 92.9 Å². The first-order chi connectivity index (χ1) is 24.6. The van der Waals surface area contributed by atoms with E-state index in [1.807, 2.05) is 36.9 Å².